The molecule has 1 aromatic heterocycles. The molecule has 0 spiro atoms. The fourth-order valence-electron chi connectivity index (χ4n) is 3.02. The van der Waals surface area contributed by atoms with Crippen molar-refractivity contribution in [3.8, 4) is 0 Å². The molecule has 0 unspecified atom stereocenters. The third-order valence-electron chi connectivity index (χ3n) is 4.20. The van der Waals surface area contributed by atoms with Crippen LogP contribution in [0, 0.1) is 12.7 Å². The minimum absolute atomic E-state index is 0.226. The van der Waals surface area contributed by atoms with E-state index in [0.717, 1.165) is 24.2 Å². The van der Waals surface area contributed by atoms with E-state index in [1.807, 2.05) is 10.6 Å². The lowest BCUT2D eigenvalue weighted by molar-refractivity contribution is 0.0532. The first-order valence-electron chi connectivity index (χ1n) is 7.52. The Morgan fingerprint density at radius 3 is 2.86 bits per heavy atom. The molecule has 0 aliphatic heterocycles. The molecule has 1 aromatic carbocycles. The number of imidazole rings is 1. The monoisotopic (exact) mass is 310 g/mol. The maximum atomic E-state index is 13.6. The van der Waals surface area contributed by atoms with E-state index in [2.05, 4.69) is 4.98 Å². The molecule has 5 heteroatoms. The van der Waals surface area contributed by atoms with E-state index in [1.54, 1.807) is 6.92 Å². The van der Waals surface area contributed by atoms with Crippen molar-refractivity contribution in [3.05, 3.63) is 29.3 Å². The second kappa shape index (κ2) is 6.32. The number of aromatic nitrogens is 2. The van der Waals surface area contributed by atoms with Gasteiger partial charge in [0, 0.05) is 12.6 Å². The van der Waals surface area contributed by atoms with Crippen LogP contribution in [-0.4, -0.2) is 22.3 Å². The van der Waals surface area contributed by atoms with E-state index in [-0.39, 0.29) is 5.82 Å². The van der Waals surface area contributed by atoms with E-state index in [4.69, 9.17) is 16.3 Å². The molecule has 21 heavy (non-hydrogen) atoms. The van der Waals surface area contributed by atoms with E-state index in [0.29, 0.717) is 36.2 Å². The van der Waals surface area contributed by atoms with Crippen molar-refractivity contribution in [1.29, 1.82) is 0 Å². The summed E-state index contributed by atoms with van der Waals surface area (Å²) in [5.74, 6) is 0.862. The Hall–Kier alpha value is -1.13. The molecule has 0 saturated heterocycles. The maximum Gasteiger partial charge on any atom is 0.128 e. The summed E-state index contributed by atoms with van der Waals surface area (Å²) >= 11 is 5.97. The van der Waals surface area contributed by atoms with Crippen LogP contribution >= 0.6 is 11.6 Å². The minimum Gasteiger partial charge on any atom is -0.376 e. The van der Waals surface area contributed by atoms with E-state index >= 15 is 0 Å². The summed E-state index contributed by atoms with van der Waals surface area (Å²) < 4.78 is 21.6. The zero-order valence-electron chi connectivity index (χ0n) is 12.2. The second-order valence-corrected chi connectivity index (χ2v) is 5.95. The van der Waals surface area contributed by atoms with Gasteiger partial charge in [-0.05, 0) is 31.4 Å². The number of hydrogen-bond donors (Lipinski definition) is 0. The van der Waals surface area contributed by atoms with Crippen molar-refractivity contribution in [3.63, 3.8) is 0 Å². The van der Waals surface area contributed by atoms with Gasteiger partial charge in [0.25, 0.3) is 0 Å². The van der Waals surface area contributed by atoms with Gasteiger partial charge in [-0.1, -0.05) is 12.8 Å². The van der Waals surface area contributed by atoms with Gasteiger partial charge in [0.05, 0.1) is 29.6 Å². The first kappa shape index (κ1) is 14.8. The zero-order valence-corrected chi connectivity index (χ0v) is 13.0. The molecule has 0 bridgehead atoms. The molecule has 114 valence electrons. The molecule has 3 nitrogen and oxygen atoms in total. The standard InChI is InChI=1S/C16H20ClFN2O/c1-11-8-15-14(9-13(11)18)19-16(10-17)20(15)6-7-21-12-4-2-3-5-12/h8-9,12H,2-7,10H2,1H3. The van der Waals surface area contributed by atoms with Gasteiger partial charge >= 0.3 is 0 Å². The lowest BCUT2D eigenvalue weighted by Gasteiger charge is -2.13. The number of halogens is 2. The Kier molecular flexibility index (Phi) is 4.45. The van der Waals surface area contributed by atoms with Crippen LogP contribution in [0.5, 0.6) is 0 Å². The summed E-state index contributed by atoms with van der Waals surface area (Å²) in [6.45, 7) is 3.12. The molecule has 3 rings (SSSR count). The Balaban J connectivity index is 1.80. The van der Waals surface area contributed by atoms with Crippen LogP contribution in [0.25, 0.3) is 11.0 Å². The lowest BCUT2D eigenvalue weighted by atomic mass is 10.2. The van der Waals surface area contributed by atoms with E-state index in [1.165, 1.54) is 18.9 Å². The highest BCUT2D eigenvalue weighted by Gasteiger charge is 2.16. The van der Waals surface area contributed by atoms with Gasteiger partial charge in [-0.15, -0.1) is 11.6 Å². The first-order valence-corrected chi connectivity index (χ1v) is 8.05. The van der Waals surface area contributed by atoms with Gasteiger partial charge in [0.2, 0.25) is 0 Å². The van der Waals surface area contributed by atoms with Gasteiger partial charge in [0.1, 0.15) is 11.6 Å². The minimum atomic E-state index is -0.226. The number of ether oxygens (including phenoxy) is 1. The Labute approximate surface area is 129 Å². The molecule has 0 amide bonds. The first-order chi connectivity index (χ1) is 10.2. The van der Waals surface area contributed by atoms with Crippen molar-refractivity contribution < 1.29 is 9.13 Å². The SMILES string of the molecule is Cc1cc2c(cc1F)nc(CCl)n2CCOC1CCCC1. The molecule has 0 atom stereocenters. The summed E-state index contributed by atoms with van der Waals surface area (Å²) in [4.78, 5) is 4.42. The van der Waals surface area contributed by atoms with E-state index < -0.39 is 0 Å². The summed E-state index contributed by atoms with van der Waals surface area (Å²) in [6, 6.07) is 3.32. The molecule has 0 radical (unpaired) electrons. The van der Waals surface area contributed by atoms with Gasteiger partial charge in [-0.2, -0.15) is 0 Å². The fraction of sp³-hybridized carbons (Fsp3) is 0.562. The summed E-state index contributed by atoms with van der Waals surface area (Å²) in [5.41, 5.74) is 2.22. The molecule has 1 fully saturated rings. The molecule has 0 N–H and O–H groups in total. The molecule has 1 saturated carbocycles. The predicted molar refractivity (Wildman–Crippen MR) is 82.2 cm³/mol. The second-order valence-electron chi connectivity index (χ2n) is 5.68. The number of fused-ring (bicyclic) bond motifs is 1. The highest BCUT2D eigenvalue weighted by Crippen LogP contribution is 2.23. The lowest BCUT2D eigenvalue weighted by Crippen LogP contribution is -2.14. The van der Waals surface area contributed by atoms with Crippen molar-refractivity contribution >= 4 is 22.6 Å². The van der Waals surface area contributed by atoms with Crippen molar-refractivity contribution in [2.24, 2.45) is 0 Å². The number of rotatable bonds is 5. The highest BCUT2D eigenvalue weighted by atomic mass is 35.5. The normalized spacial score (nSPS) is 16.1. The van der Waals surface area contributed by atoms with Crippen LogP contribution in [0.1, 0.15) is 37.1 Å². The van der Waals surface area contributed by atoms with Gasteiger partial charge in [-0.25, -0.2) is 9.37 Å². The average molecular weight is 311 g/mol. The third-order valence-corrected chi connectivity index (χ3v) is 4.44. The smallest absolute Gasteiger partial charge is 0.128 e. The predicted octanol–water partition coefficient (Wildman–Crippen LogP) is 4.18. The fourth-order valence-corrected chi connectivity index (χ4v) is 3.22. The van der Waals surface area contributed by atoms with Crippen LogP contribution in [0.3, 0.4) is 0 Å². The Morgan fingerprint density at radius 2 is 2.14 bits per heavy atom. The largest absolute Gasteiger partial charge is 0.376 e. The Morgan fingerprint density at radius 1 is 1.38 bits per heavy atom. The molecule has 1 aliphatic rings. The summed E-state index contributed by atoms with van der Waals surface area (Å²) in [7, 11) is 0. The number of hydrogen-bond acceptors (Lipinski definition) is 2. The van der Waals surface area contributed by atoms with Crippen molar-refractivity contribution in [1.82, 2.24) is 9.55 Å². The van der Waals surface area contributed by atoms with Crippen LogP contribution in [-0.2, 0) is 17.2 Å². The van der Waals surface area contributed by atoms with E-state index in [9.17, 15) is 4.39 Å². The van der Waals surface area contributed by atoms with Crippen LogP contribution in [0.15, 0.2) is 12.1 Å². The number of aryl methyl sites for hydroxylation is 1. The molecular formula is C16H20ClFN2O. The van der Waals surface area contributed by atoms with Crippen LogP contribution in [0.2, 0.25) is 0 Å². The third kappa shape index (κ3) is 3.06. The quantitative estimate of drug-likeness (QED) is 0.775. The van der Waals surface area contributed by atoms with Gasteiger partial charge in [0.15, 0.2) is 0 Å². The summed E-state index contributed by atoms with van der Waals surface area (Å²) in [6.07, 6.45) is 5.27. The molecular weight excluding hydrogens is 291 g/mol. The Bertz CT molecular complexity index is 635. The number of nitrogens with zero attached hydrogens (tertiary/aromatic N) is 2. The van der Waals surface area contributed by atoms with Crippen LogP contribution in [0.4, 0.5) is 4.39 Å². The van der Waals surface area contributed by atoms with Crippen molar-refractivity contribution in [2.75, 3.05) is 6.61 Å². The molecule has 2 aromatic rings. The average Bonchev–Trinajstić information content (AvgIpc) is 3.08. The molecule has 1 heterocycles. The van der Waals surface area contributed by atoms with Crippen molar-refractivity contribution in [2.45, 2.75) is 51.1 Å². The highest BCUT2D eigenvalue weighted by molar-refractivity contribution is 6.16. The number of alkyl halides is 1. The van der Waals surface area contributed by atoms with Gasteiger partial charge in [-0.3, -0.25) is 0 Å². The van der Waals surface area contributed by atoms with Gasteiger partial charge < -0.3 is 9.30 Å². The topological polar surface area (TPSA) is 27.1 Å². The maximum absolute atomic E-state index is 13.6. The number of benzene rings is 1. The molecule has 1 aliphatic carbocycles. The zero-order chi connectivity index (χ0) is 14.8. The van der Waals surface area contributed by atoms with Crippen LogP contribution < -0.4 is 0 Å². The summed E-state index contributed by atoms with van der Waals surface area (Å²) in [5, 5.41) is 0.